The van der Waals surface area contributed by atoms with Gasteiger partial charge in [-0.3, -0.25) is 4.68 Å². The van der Waals surface area contributed by atoms with Crippen molar-refractivity contribution in [3.63, 3.8) is 0 Å². The summed E-state index contributed by atoms with van der Waals surface area (Å²) in [6, 6.07) is 0. The van der Waals surface area contributed by atoms with Gasteiger partial charge in [-0.05, 0) is 18.6 Å². The Morgan fingerprint density at radius 2 is 2.30 bits per heavy atom. The Bertz CT molecular complexity index is 162. The second-order valence-electron chi connectivity index (χ2n) is 2.10. The molecule has 1 aromatic rings. The van der Waals surface area contributed by atoms with Gasteiger partial charge in [-0.15, -0.1) is 5.10 Å². The number of aryl methyl sites for hydroxylation is 1. The Balaban J connectivity index is 2.15. The van der Waals surface area contributed by atoms with E-state index in [1.54, 1.807) is 6.20 Å². The molecule has 0 saturated heterocycles. The van der Waals surface area contributed by atoms with E-state index in [0.29, 0.717) is 0 Å². The highest BCUT2D eigenvalue weighted by atomic mass is 32.1. The molecule has 0 amide bonds. The predicted octanol–water partition coefficient (Wildman–Crippen LogP) is 0.988. The van der Waals surface area contributed by atoms with Gasteiger partial charge in [-0.25, -0.2) is 0 Å². The van der Waals surface area contributed by atoms with Crippen LogP contribution >= 0.6 is 12.6 Å². The monoisotopic (exact) mass is 157 g/mol. The molecular weight excluding hydrogens is 146 g/mol. The van der Waals surface area contributed by atoms with Gasteiger partial charge in [-0.2, -0.15) is 12.6 Å². The van der Waals surface area contributed by atoms with Gasteiger partial charge in [0, 0.05) is 12.7 Å². The molecule has 1 aromatic heterocycles. The number of hydrogen-bond acceptors (Lipinski definition) is 3. The van der Waals surface area contributed by atoms with E-state index in [4.69, 9.17) is 0 Å². The van der Waals surface area contributed by atoms with E-state index in [2.05, 4.69) is 22.9 Å². The molecule has 0 aliphatic carbocycles. The van der Waals surface area contributed by atoms with Crippen molar-refractivity contribution in [2.24, 2.45) is 0 Å². The molecule has 0 aromatic carbocycles. The first-order valence-corrected chi connectivity index (χ1v) is 4.01. The molecule has 1 heterocycles. The normalized spacial score (nSPS) is 10.1. The molecule has 56 valence electrons. The standard InChI is InChI=1S/C6H11N3S/c10-6-2-1-4-9-5-3-7-8-9/h3,5,10H,1-2,4,6H2. The number of rotatable bonds is 4. The molecule has 0 unspecified atom stereocenters. The summed E-state index contributed by atoms with van der Waals surface area (Å²) in [6.45, 7) is 0.959. The molecule has 0 N–H and O–H groups in total. The first-order valence-electron chi connectivity index (χ1n) is 3.38. The summed E-state index contributed by atoms with van der Waals surface area (Å²) in [5.74, 6) is 0.953. The maximum absolute atomic E-state index is 4.11. The van der Waals surface area contributed by atoms with Gasteiger partial charge in [0.2, 0.25) is 0 Å². The van der Waals surface area contributed by atoms with Crippen LogP contribution in [0.5, 0.6) is 0 Å². The zero-order chi connectivity index (χ0) is 7.23. The Kier molecular flexibility index (Phi) is 3.29. The molecule has 0 radical (unpaired) electrons. The molecular formula is C6H11N3S. The molecule has 0 bridgehead atoms. The second-order valence-corrected chi connectivity index (χ2v) is 2.54. The third-order valence-corrected chi connectivity index (χ3v) is 1.58. The van der Waals surface area contributed by atoms with Crippen LogP contribution in [0, 0.1) is 0 Å². The Morgan fingerprint density at radius 1 is 1.40 bits per heavy atom. The van der Waals surface area contributed by atoms with Crippen LogP contribution in [0.3, 0.4) is 0 Å². The lowest BCUT2D eigenvalue weighted by atomic mass is 10.3. The van der Waals surface area contributed by atoms with Crippen LogP contribution in [-0.4, -0.2) is 20.7 Å². The Labute approximate surface area is 65.8 Å². The summed E-state index contributed by atoms with van der Waals surface area (Å²) >= 11 is 4.11. The predicted molar refractivity (Wildman–Crippen MR) is 43.1 cm³/mol. The van der Waals surface area contributed by atoms with Crippen molar-refractivity contribution >= 4 is 12.6 Å². The minimum absolute atomic E-state index is 0.953. The van der Waals surface area contributed by atoms with Gasteiger partial charge >= 0.3 is 0 Å². The zero-order valence-corrected chi connectivity index (χ0v) is 6.67. The van der Waals surface area contributed by atoms with Gasteiger partial charge in [0.05, 0.1) is 6.20 Å². The molecule has 0 fully saturated rings. The van der Waals surface area contributed by atoms with Crippen LogP contribution in [0.4, 0.5) is 0 Å². The van der Waals surface area contributed by atoms with Gasteiger partial charge in [0.25, 0.3) is 0 Å². The molecule has 0 atom stereocenters. The van der Waals surface area contributed by atoms with Crippen molar-refractivity contribution in [1.82, 2.24) is 15.0 Å². The molecule has 10 heavy (non-hydrogen) atoms. The molecule has 0 aliphatic rings. The van der Waals surface area contributed by atoms with Gasteiger partial charge < -0.3 is 0 Å². The first kappa shape index (κ1) is 7.60. The summed E-state index contributed by atoms with van der Waals surface area (Å²) in [6.07, 6.45) is 5.84. The van der Waals surface area contributed by atoms with E-state index >= 15 is 0 Å². The third kappa shape index (κ3) is 2.39. The summed E-state index contributed by atoms with van der Waals surface area (Å²) in [5.41, 5.74) is 0. The lowest BCUT2D eigenvalue weighted by Crippen LogP contribution is -1.98. The van der Waals surface area contributed by atoms with Crippen LogP contribution in [-0.2, 0) is 6.54 Å². The van der Waals surface area contributed by atoms with Gasteiger partial charge in [-0.1, -0.05) is 5.21 Å². The van der Waals surface area contributed by atoms with Crippen molar-refractivity contribution < 1.29 is 0 Å². The number of nitrogens with zero attached hydrogens (tertiary/aromatic N) is 3. The van der Waals surface area contributed by atoms with Crippen molar-refractivity contribution in [2.45, 2.75) is 19.4 Å². The largest absolute Gasteiger partial charge is 0.253 e. The van der Waals surface area contributed by atoms with E-state index in [0.717, 1.165) is 25.1 Å². The van der Waals surface area contributed by atoms with Crippen LogP contribution in [0.25, 0.3) is 0 Å². The van der Waals surface area contributed by atoms with Crippen LogP contribution in [0.1, 0.15) is 12.8 Å². The Hall–Kier alpha value is -0.510. The van der Waals surface area contributed by atoms with E-state index < -0.39 is 0 Å². The average Bonchev–Trinajstić information content (AvgIpc) is 2.41. The average molecular weight is 157 g/mol. The number of unbranched alkanes of at least 4 members (excludes halogenated alkanes) is 1. The fourth-order valence-corrected chi connectivity index (χ4v) is 0.961. The molecule has 0 aliphatic heterocycles. The van der Waals surface area contributed by atoms with E-state index in [-0.39, 0.29) is 0 Å². The maximum atomic E-state index is 4.11. The van der Waals surface area contributed by atoms with E-state index in [1.807, 2.05) is 10.9 Å². The number of hydrogen-bond donors (Lipinski definition) is 1. The van der Waals surface area contributed by atoms with Gasteiger partial charge in [0.1, 0.15) is 0 Å². The summed E-state index contributed by atoms with van der Waals surface area (Å²) < 4.78 is 1.84. The fourth-order valence-electron chi connectivity index (χ4n) is 0.738. The number of thiol groups is 1. The molecule has 3 nitrogen and oxygen atoms in total. The van der Waals surface area contributed by atoms with Crippen LogP contribution < -0.4 is 0 Å². The summed E-state index contributed by atoms with van der Waals surface area (Å²) in [7, 11) is 0. The SMILES string of the molecule is SCCCCn1ccnn1. The second kappa shape index (κ2) is 4.33. The van der Waals surface area contributed by atoms with Crippen molar-refractivity contribution in [1.29, 1.82) is 0 Å². The highest BCUT2D eigenvalue weighted by Gasteiger charge is 1.89. The molecule has 1 rings (SSSR count). The smallest absolute Gasteiger partial charge is 0.0692 e. The lowest BCUT2D eigenvalue weighted by molar-refractivity contribution is 0.555. The summed E-state index contributed by atoms with van der Waals surface area (Å²) in [5, 5.41) is 7.52. The van der Waals surface area contributed by atoms with Crippen molar-refractivity contribution in [3.8, 4) is 0 Å². The highest BCUT2D eigenvalue weighted by Crippen LogP contribution is 1.93. The first-order chi connectivity index (χ1) is 4.93. The highest BCUT2D eigenvalue weighted by molar-refractivity contribution is 7.80. The molecule has 0 saturated carbocycles. The Morgan fingerprint density at radius 3 is 2.90 bits per heavy atom. The maximum Gasteiger partial charge on any atom is 0.0692 e. The third-order valence-electron chi connectivity index (χ3n) is 1.27. The van der Waals surface area contributed by atoms with E-state index in [9.17, 15) is 0 Å². The minimum atomic E-state index is 0.953. The summed E-state index contributed by atoms with van der Waals surface area (Å²) in [4.78, 5) is 0. The topological polar surface area (TPSA) is 30.7 Å². The van der Waals surface area contributed by atoms with Gasteiger partial charge in [0.15, 0.2) is 0 Å². The van der Waals surface area contributed by atoms with E-state index in [1.165, 1.54) is 0 Å². The van der Waals surface area contributed by atoms with Crippen LogP contribution in [0.2, 0.25) is 0 Å². The molecule has 0 spiro atoms. The fraction of sp³-hybridized carbons (Fsp3) is 0.667. The minimum Gasteiger partial charge on any atom is -0.253 e. The van der Waals surface area contributed by atoms with Crippen molar-refractivity contribution in [3.05, 3.63) is 12.4 Å². The zero-order valence-electron chi connectivity index (χ0n) is 5.77. The quantitative estimate of drug-likeness (QED) is 0.522. The lowest BCUT2D eigenvalue weighted by Gasteiger charge is -1.96. The van der Waals surface area contributed by atoms with Crippen molar-refractivity contribution in [2.75, 3.05) is 5.75 Å². The molecule has 4 heteroatoms. The van der Waals surface area contributed by atoms with Crippen LogP contribution in [0.15, 0.2) is 12.4 Å². The number of aromatic nitrogens is 3.